The maximum absolute atomic E-state index is 5.98. The van der Waals surface area contributed by atoms with Gasteiger partial charge < -0.3 is 5.32 Å². The van der Waals surface area contributed by atoms with Crippen molar-refractivity contribution in [3.8, 4) is 0 Å². The van der Waals surface area contributed by atoms with Gasteiger partial charge in [0.1, 0.15) is 11.0 Å². The van der Waals surface area contributed by atoms with E-state index in [1.165, 1.54) is 44.1 Å². The largest absolute Gasteiger partial charge is 0.367 e. The third-order valence-electron chi connectivity index (χ3n) is 4.59. The van der Waals surface area contributed by atoms with Crippen LogP contribution in [0.1, 0.15) is 44.6 Å². The van der Waals surface area contributed by atoms with Crippen molar-refractivity contribution >= 4 is 29.8 Å². The zero-order valence-corrected chi connectivity index (χ0v) is 12.9. The van der Waals surface area contributed by atoms with Gasteiger partial charge in [0.15, 0.2) is 0 Å². The number of rotatable bonds is 2. The Labute approximate surface area is 126 Å². The second kappa shape index (κ2) is 6.32. The van der Waals surface area contributed by atoms with Gasteiger partial charge in [-0.15, -0.1) is 12.4 Å². The van der Waals surface area contributed by atoms with Gasteiger partial charge in [-0.2, -0.15) is 0 Å². The summed E-state index contributed by atoms with van der Waals surface area (Å²) in [5, 5.41) is 4.23. The van der Waals surface area contributed by atoms with Gasteiger partial charge in [-0.1, -0.05) is 50.3 Å². The van der Waals surface area contributed by atoms with E-state index in [2.05, 4.69) is 23.3 Å². The fourth-order valence-electron chi connectivity index (χ4n) is 3.76. The topological polar surface area (TPSA) is 24.9 Å². The maximum atomic E-state index is 5.98. The van der Waals surface area contributed by atoms with Gasteiger partial charge in [0.2, 0.25) is 0 Å². The van der Waals surface area contributed by atoms with Crippen molar-refractivity contribution in [3.05, 3.63) is 22.8 Å². The third kappa shape index (κ3) is 3.00. The first-order valence-corrected chi connectivity index (χ1v) is 7.57. The maximum Gasteiger partial charge on any atom is 0.131 e. The van der Waals surface area contributed by atoms with Crippen molar-refractivity contribution in [2.45, 2.75) is 51.5 Å². The van der Waals surface area contributed by atoms with Crippen LogP contribution in [0.4, 0.5) is 5.82 Å². The van der Waals surface area contributed by atoms with Crippen LogP contribution in [-0.2, 0) is 6.42 Å². The highest BCUT2D eigenvalue weighted by Crippen LogP contribution is 2.41. The number of hydrogen-bond acceptors (Lipinski definition) is 2. The van der Waals surface area contributed by atoms with Crippen molar-refractivity contribution in [1.82, 2.24) is 4.98 Å². The number of fused-ring (bicyclic) bond motifs is 2. The Morgan fingerprint density at radius 2 is 2.21 bits per heavy atom. The zero-order chi connectivity index (χ0) is 12.5. The highest BCUT2D eigenvalue weighted by molar-refractivity contribution is 6.29. The minimum atomic E-state index is 0. The summed E-state index contributed by atoms with van der Waals surface area (Å²) >= 11 is 5.98. The van der Waals surface area contributed by atoms with Gasteiger partial charge in [0.05, 0.1) is 0 Å². The lowest BCUT2D eigenvalue weighted by Gasteiger charge is -2.42. The lowest BCUT2D eigenvalue weighted by molar-refractivity contribution is 0.196. The fourth-order valence-corrected chi connectivity index (χ4v) is 3.90. The molecule has 1 saturated carbocycles. The van der Waals surface area contributed by atoms with Crippen LogP contribution in [0, 0.1) is 11.8 Å². The third-order valence-corrected chi connectivity index (χ3v) is 4.80. The Hall–Kier alpha value is -0.470. The van der Waals surface area contributed by atoms with Crippen molar-refractivity contribution in [1.29, 1.82) is 0 Å². The van der Waals surface area contributed by atoms with Crippen LogP contribution in [0.15, 0.2) is 12.1 Å². The predicted molar refractivity (Wildman–Crippen MR) is 83.3 cm³/mol. The highest BCUT2D eigenvalue weighted by Gasteiger charge is 2.36. The molecule has 0 bridgehead atoms. The van der Waals surface area contributed by atoms with E-state index in [0.29, 0.717) is 11.2 Å². The second-order valence-electron chi connectivity index (χ2n) is 5.74. The molecule has 2 nitrogen and oxygen atoms in total. The van der Waals surface area contributed by atoms with E-state index < -0.39 is 0 Å². The molecule has 1 aromatic heterocycles. The van der Waals surface area contributed by atoms with Crippen LogP contribution in [0.2, 0.25) is 5.15 Å². The van der Waals surface area contributed by atoms with E-state index in [-0.39, 0.29) is 12.4 Å². The van der Waals surface area contributed by atoms with Gasteiger partial charge in [-0.3, -0.25) is 0 Å². The standard InChI is InChI=1S/C15H21ClN2.ClH/c1-2-4-10-5-3-6-13-12(10)9-11-7-8-14(16)18-15(11)17-13;/h7-8,10,12-13H,2-6,9H2,1H3,(H,17,18);1H. The normalized spacial score (nSPS) is 28.6. The smallest absolute Gasteiger partial charge is 0.131 e. The zero-order valence-electron chi connectivity index (χ0n) is 11.4. The number of hydrogen-bond donors (Lipinski definition) is 1. The lowest BCUT2D eigenvalue weighted by atomic mass is 9.70. The molecule has 0 saturated heterocycles. The summed E-state index contributed by atoms with van der Waals surface area (Å²) < 4.78 is 0. The number of aromatic nitrogens is 1. The predicted octanol–water partition coefficient (Wildman–Crippen LogP) is 4.71. The first kappa shape index (κ1) is 14.9. The molecular weight excluding hydrogens is 279 g/mol. The molecule has 1 fully saturated rings. The van der Waals surface area contributed by atoms with Crippen LogP contribution in [0.3, 0.4) is 0 Å². The molecule has 3 rings (SSSR count). The Kier molecular flexibility index (Phi) is 4.97. The molecule has 3 unspecified atom stereocenters. The highest BCUT2D eigenvalue weighted by atomic mass is 35.5. The van der Waals surface area contributed by atoms with Gasteiger partial charge in [-0.05, 0) is 36.3 Å². The second-order valence-corrected chi connectivity index (χ2v) is 6.13. The average Bonchev–Trinajstić information content (AvgIpc) is 2.37. The molecule has 2 aliphatic rings. The summed E-state index contributed by atoms with van der Waals surface area (Å²) in [6.07, 6.45) is 7.92. The van der Waals surface area contributed by atoms with Gasteiger partial charge in [0.25, 0.3) is 0 Å². The molecule has 4 heteroatoms. The van der Waals surface area contributed by atoms with E-state index in [1.807, 2.05) is 6.07 Å². The Morgan fingerprint density at radius 1 is 1.37 bits per heavy atom. The minimum Gasteiger partial charge on any atom is -0.367 e. The quantitative estimate of drug-likeness (QED) is 0.800. The fraction of sp³-hybridized carbons (Fsp3) is 0.667. The molecular formula is C15H22Cl2N2. The van der Waals surface area contributed by atoms with Crippen LogP contribution < -0.4 is 5.32 Å². The molecule has 19 heavy (non-hydrogen) atoms. The monoisotopic (exact) mass is 300 g/mol. The molecule has 1 N–H and O–H groups in total. The first-order chi connectivity index (χ1) is 8.78. The minimum absolute atomic E-state index is 0. The van der Waals surface area contributed by atoms with E-state index in [0.717, 1.165) is 17.7 Å². The Bertz CT molecular complexity index is 434. The molecule has 0 amide bonds. The lowest BCUT2D eigenvalue weighted by Crippen LogP contribution is -2.42. The van der Waals surface area contributed by atoms with Gasteiger partial charge in [-0.25, -0.2) is 4.98 Å². The summed E-state index contributed by atoms with van der Waals surface area (Å²) in [6.45, 7) is 2.30. The Morgan fingerprint density at radius 3 is 3.00 bits per heavy atom. The van der Waals surface area contributed by atoms with Crippen LogP contribution >= 0.6 is 24.0 Å². The summed E-state index contributed by atoms with van der Waals surface area (Å²) in [6, 6.07) is 4.68. The molecule has 0 radical (unpaired) electrons. The van der Waals surface area contributed by atoms with Crippen molar-refractivity contribution in [3.63, 3.8) is 0 Å². The van der Waals surface area contributed by atoms with Gasteiger partial charge >= 0.3 is 0 Å². The molecule has 106 valence electrons. The molecule has 3 atom stereocenters. The van der Waals surface area contributed by atoms with E-state index in [1.54, 1.807) is 0 Å². The summed E-state index contributed by atoms with van der Waals surface area (Å²) in [4.78, 5) is 4.43. The number of nitrogens with one attached hydrogen (secondary N) is 1. The van der Waals surface area contributed by atoms with E-state index >= 15 is 0 Å². The van der Waals surface area contributed by atoms with Crippen LogP contribution in [0.5, 0.6) is 0 Å². The number of nitrogens with zero attached hydrogens (tertiary/aromatic N) is 1. The van der Waals surface area contributed by atoms with Crippen molar-refractivity contribution in [2.75, 3.05) is 5.32 Å². The number of halogens is 2. The molecule has 0 spiro atoms. The molecule has 1 aromatic rings. The molecule has 1 aliphatic heterocycles. The van der Waals surface area contributed by atoms with Crippen LogP contribution in [-0.4, -0.2) is 11.0 Å². The van der Waals surface area contributed by atoms with Crippen LogP contribution in [0.25, 0.3) is 0 Å². The molecule has 2 heterocycles. The van der Waals surface area contributed by atoms with Crippen molar-refractivity contribution in [2.24, 2.45) is 11.8 Å². The summed E-state index contributed by atoms with van der Waals surface area (Å²) in [7, 11) is 0. The number of anilines is 1. The summed E-state index contributed by atoms with van der Waals surface area (Å²) in [5.41, 5.74) is 1.35. The Balaban J connectivity index is 0.00000133. The summed E-state index contributed by atoms with van der Waals surface area (Å²) in [5.74, 6) is 2.72. The average molecular weight is 301 g/mol. The van der Waals surface area contributed by atoms with Crippen molar-refractivity contribution < 1.29 is 0 Å². The number of pyridine rings is 1. The van der Waals surface area contributed by atoms with Gasteiger partial charge in [0, 0.05) is 6.04 Å². The molecule has 0 aromatic carbocycles. The molecule has 1 aliphatic carbocycles. The van der Waals surface area contributed by atoms with E-state index in [9.17, 15) is 0 Å². The first-order valence-electron chi connectivity index (χ1n) is 7.20. The SMILES string of the molecule is CCCC1CCCC2Nc3nc(Cl)ccc3CC12.Cl. The van der Waals surface area contributed by atoms with E-state index in [4.69, 9.17) is 11.6 Å².